The summed E-state index contributed by atoms with van der Waals surface area (Å²) >= 11 is 0. The second kappa shape index (κ2) is 6.06. The number of anilines is 1. The van der Waals surface area contributed by atoms with E-state index < -0.39 is 0 Å². The third-order valence-corrected chi connectivity index (χ3v) is 3.46. The van der Waals surface area contributed by atoms with Crippen molar-refractivity contribution in [3.05, 3.63) is 29.8 Å². The van der Waals surface area contributed by atoms with E-state index in [1.165, 1.54) is 50.8 Å². The van der Waals surface area contributed by atoms with Crippen molar-refractivity contribution >= 4 is 5.69 Å². The molecule has 1 aromatic rings. The maximum atomic E-state index is 5.68. The Morgan fingerprint density at radius 2 is 1.88 bits per heavy atom. The Labute approximate surface area is 105 Å². The van der Waals surface area contributed by atoms with Gasteiger partial charge in [-0.15, -0.1) is 0 Å². The molecule has 2 heteroatoms. The van der Waals surface area contributed by atoms with Crippen LogP contribution < -0.4 is 5.73 Å². The molecule has 94 valence electrons. The van der Waals surface area contributed by atoms with Crippen molar-refractivity contribution in [3.8, 4) is 0 Å². The van der Waals surface area contributed by atoms with Crippen molar-refractivity contribution < 1.29 is 0 Å². The summed E-state index contributed by atoms with van der Waals surface area (Å²) in [5.41, 5.74) is 7.95. The average molecular weight is 232 g/mol. The molecule has 0 saturated heterocycles. The van der Waals surface area contributed by atoms with Crippen molar-refractivity contribution in [1.29, 1.82) is 0 Å². The summed E-state index contributed by atoms with van der Waals surface area (Å²) in [7, 11) is 0. The molecule has 0 atom stereocenters. The van der Waals surface area contributed by atoms with Crippen LogP contribution in [0, 0.1) is 0 Å². The standard InChI is InChI=1S/C15H24N2/c1-2-11-17(15-9-10-15)12-3-4-13-5-7-14(16)8-6-13/h5-8,15H,2-4,9-12,16H2,1H3. The summed E-state index contributed by atoms with van der Waals surface area (Å²) in [6.45, 7) is 4.80. The zero-order valence-electron chi connectivity index (χ0n) is 10.9. The molecule has 2 rings (SSSR count). The van der Waals surface area contributed by atoms with E-state index in [1.807, 2.05) is 12.1 Å². The van der Waals surface area contributed by atoms with Crippen LogP contribution in [0.2, 0.25) is 0 Å². The predicted octanol–water partition coefficient (Wildman–Crippen LogP) is 3.08. The SMILES string of the molecule is CCCN(CCCc1ccc(N)cc1)C1CC1. The Hall–Kier alpha value is -1.02. The van der Waals surface area contributed by atoms with Crippen LogP contribution in [0.15, 0.2) is 24.3 Å². The monoisotopic (exact) mass is 232 g/mol. The Balaban J connectivity index is 1.72. The van der Waals surface area contributed by atoms with Gasteiger partial charge in [-0.05, 0) is 62.9 Å². The lowest BCUT2D eigenvalue weighted by Gasteiger charge is -2.20. The van der Waals surface area contributed by atoms with Gasteiger partial charge in [0.05, 0.1) is 0 Å². The van der Waals surface area contributed by atoms with Crippen LogP contribution in [-0.4, -0.2) is 24.0 Å². The number of nitrogen functional groups attached to an aromatic ring is 1. The molecule has 2 N–H and O–H groups in total. The summed E-state index contributed by atoms with van der Waals surface area (Å²) in [5, 5.41) is 0. The smallest absolute Gasteiger partial charge is 0.0314 e. The van der Waals surface area contributed by atoms with E-state index in [1.54, 1.807) is 0 Å². The van der Waals surface area contributed by atoms with Crippen LogP contribution >= 0.6 is 0 Å². The van der Waals surface area contributed by atoms with Crippen LogP contribution in [0.1, 0.15) is 38.2 Å². The fraction of sp³-hybridized carbons (Fsp3) is 0.600. The molecule has 1 fully saturated rings. The first-order chi connectivity index (χ1) is 8.29. The van der Waals surface area contributed by atoms with Gasteiger partial charge in [0.25, 0.3) is 0 Å². The number of nitrogens with two attached hydrogens (primary N) is 1. The molecule has 0 amide bonds. The minimum atomic E-state index is 0.860. The van der Waals surface area contributed by atoms with Gasteiger partial charge in [-0.2, -0.15) is 0 Å². The normalized spacial score (nSPS) is 15.4. The largest absolute Gasteiger partial charge is 0.399 e. The van der Waals surface area contributed by atoms with Gasteiger partial charge in [-0.1, -0.05) is 19.1 Å². The first-order valence-corrected chi connectivity index (χ1v) is 6.88. The Morgan fingerprint density at radius 3 is 2.47 bits per heavy atom. The summed E-state index contributed by atoms with van der Waals surface area (Å²) in [4.78, 5) is 2.66. The van der Waals surface area contributed by atoms with Crippen LogP contribution in [0.25, 0.3) is 0 Å². The molecule has 17 heavy (non-hydrogen) atoms. The molecule has 0 spiro atoms. The fourth-order valence-corrected chi connectivity index (χ4v) is 2.37. The Bertz CT molecular complexity index is 327. The van der Waals surface area contributed by atoms with Crippen molar-refractivity contribution in [1.82, 2.24) is 4.90 Å². The number of benzene rings is 1. The average Bonchev–Trinajstić information content (AvgIpc) is 3.15. The number of hydrogen-bond donors (Lipinski definition) is 1. The highest BCUT2D eigenvalue weighted by molar-refractivity contribution is 5.39. The van der Waals surface area contributed by atoms with Gasteiger partial charge in [0.1, 0.15) is 0 Å². The van der Waals surface area contributed by atoms with E-state index in [2.05, 4.69) is 24.0 Å². The summed E-state index contributed by atoms with van der Waals surface area (Å²) < 4.78 is 0. The Kier molecular flexibility index (Phi) is 4.43. The molecule has 0 radical (unpaired) electrons. The molecule has 1 aliphatic rings. The Morgan fingerprint density at radius 1 is 1.18 bits per heavy atom. The zero-order chi connectivity index (χ0) is 12.1. The lowest BCUT2D eigenvalue weighted by Crippen LogP contribution is -2.28. The summed E-state index contributed by atoms with van der Waals surface area (Å²) in [5.74, 6) is 0. The molecule has 1 aliphatic carbocycles. The predicted molar refractivity (Wildman–Crippen MR) is 74.1 cm³/mol. The van der Waals surface area contributed by atoms with Crippen molar-refractivity contribution in [2.45, 2.75) is 45.1 Å². The van der Waals surface area contributed by atoms with Gasteiger partial charge >= 0.3 is 0 Å². The molecule has 0 bridgehead atoms. The van der Waals surface area contributed by atoms with Crippen molar-refractivity contribution in [2.75, 3.05) is 18.8 Å². The molecule has 1 aromatic carbocycles. The van der Waals surface area contributed by atoms with Gasteiger partial charge in [-0.3, -0.25) is 0 Å². The van der Waals surface area contributed by atoms with Crippen molar-refractivity contribution in [3.63, 3.8) is 0 Å². The quantitative estimate of drug-likeness (QED) is 0.732. The molecule has 2 nitrogen and oxygen atoms in total. The van der Waals surface area contributed by atoms with Crippen molar-refractivity contribution in [2.24, 2.45) is 0 Å². The van der Waals surface area contributed by atoms with Crippen LogP contribution in [0.3, 0.4) is 0 Å². The van der Waals surface area contributed by atoms with E-state index in [0.717, 1.165) is 11.7 Å². The highest BCUT2D eigenvalue weighted by Crippen LogP contribution is 2.27. The van der Waals surface area contributed by atoms with E-state index in [4.69, 9.17) is 5.73 Å². The van der Waals surface area contributed by atoms with Gasteiger partial charge < -0.3 is 10.6 Å². The second-order valence-corrected chi connectivity index (χ2v) is 5.11. The first-order valence-electron chi connectivity index (χ1n) is 6.88. The minimum absolute atomic E-state index is 0.860. The van der Waals surface area contributed by atoms with Crippen LogP contribution in [0.5, 0.6) is 0 Å². The molecule has 0 heterocycles. The molecule has 0 aliphatic heterocycles. The summed E-state index contributed by atoms with van der Waals surface area (Å²) in [6.07, 6.45) is 6.55. The number of hydrogen-bond acceptors (Lipinski definition) is 2. The second-order valence-electron chi connectivity index (χ2n) is 5.11. The molecule has 1 saturated carbocycles. The molecular formula is C15H24N2. The maximum Gasteiger partial charge on any atom is 0.0314 e. The van der Waals surface area contributed by atoms with Gasteiger partial charge in [0.2, 0.25) is 0 Å². The lowest BCUT2D eigenvalue weighted by atomic mass is 10.1. The highest BCUT2D eigenvalue weighted by Gasteiger charge is 2.27. The first kappa shape index (κ1) is 12.4. The minimum Gasteiger partial charge on any atom is -0.399 e. The lowest BCUT2D eigenvalue weighted by molar-refractivity contribution is 0.261. The van der Waals surface area contributed by atoms with Gasteiger partial charge in [0, 0.05) is 11.7 Å². The molecule has 0 unspecified atom stereocenters. The van der Waals surface area contributed by atoms with E-state index in [0.29, 0.717) is 0 Å². The third-order valence-electron chi connectivity index (χ3n) is 3.46. The maximum absolute atomic E-state index is 5.68. The van der Waals surface area contributed by atoms with Crippen LogP contribution in [-0.2, 0) is 6.42 Å². The highest BCUT2D eigenvalue weighted by atomic mass is 15.2. The fourth-order valence-electron chi connectivity index (χ4n) is 2.37. The zero-order valence-corrected chi connectivity index (χ0v) is 10.9. The number of nitrogens with zero attached hydrogens (tertiary/aromatic N) is 1. The third kappa shape index (κ3) is 4.04. The van der Waals surface area contributed by atoms with E-state index in [9.17, 15) is 0 Å². The van der Waals surface area contributed by atoms with Gasteiger partial charge in [0.15, 0.2) is 0 Å². The van der Waals surface area contributed by atoms with Gasteiger partial charge in [-0.25, -0.2) is 0 Å². The van der Waals surface area contributed by atoms with E-state index in [-0.39, 0.29) is 0 Å². The topological polar surface area (TPSA) is 29.3 Å². The molecule has 0 aromatic heterocycles. The van der Waals surface area contributed by atoms with Crippen LogP contribution in [0.4, 0.5) is 5.69 Å². The van der Waals surface area contributed by atoms with E-state index >= 15 is 0 Å². The molecular weight excluding hydrogens is 208 g/mol. The number of rotatable bonds is 7. The number of aryl methyl sites for hydroxylation is 1. The summed E-state index contributed by atoms with van der Waals surface area (Å²) in [6, 6.07) is 9.20.